The van der Waals surface area contributed by atoms with Crippen molar-refractivity contribution in [2.45, 2.75) is 84.0 Å². The topological polar surface area (TPSA) is 12.0 Å². The summed E-state index contributed by atoms with van der Waals surface area (Å²) in [5, 5.41) is 3.60. The summed E-state index contributed by atoms with van der Waals surface area (Å²) in [6.07, 6.45) is 16.9. The van der Waals surface area contributed by atoms with E-state index in [1.165, 1.54) is 96.7 Å². The predicted molar refractivity (Wildman–Crippen MR) is 107 cm³/mol. The van der Waals surface area contributed by atoms with Crippen LogP contribution in [0.25, 0.3) is 0 Å². The molecule has 0 aromatic heterocycles. The van der Waals surface area contributed by atoms with Gasteiger partial charge in [-0.25, -0.2) is 0 Å². The highest BCUT2D eigenvalue weighted by atomic mass is 79.9. The molecule has 0 aromatic carbocycles. The third kappa shape index (κ3) is 28.0. The minimum Gasteiger partial charge on any atom is -1.00 e. The molecular formula is C19H44Br2N2. The molecule has 0 aliphatic carbocycles. The average Bonchev–Trinajstić information content (AvgIpc) is 2.42. The maximum Gasteiger partial charge on any atom is 0.0780 e. The first-order valence-electron chi connectivity index (χ1n) is 9.57. The van der Waals surface area contributed by atoms with Gasteiger partial charge in [0, 0.05) is 0 Å². The van der Waals surface area contributed by atoms with Crippen molar-refractivity contribution < 1.29 is 21.5 Å². The zero-order valence-corrected chi connectivity index (χ0v) is 19.6. The van der Waals surface area contributed by atoms with Gasteiger partial charge in [0.15, 0.2) is 0 Å². The molecule has 0 fully saturated rings. The summed E-state index contributed by atoms with van der Waals surface area (Å²) in [4.78, 5) is 0. The van der Waals surface area contributed by atoms with Gasteiger partial charge in [-0.15, -0.1) is 17.0 Å². The lowest BCUT2D eigenvalue weighted by molar-refractivity contribution is -0.870. The van der Waals surface area contributed by atoms with Gasteiger partial charge < -0.3 is 26.8 Å². The Morgan fingerprint density at radius 3 is 1.43 bits per heavy atom. The van der Waals surface area contributed by atoms with Crippen LogP contribution in [-0.4, -0.2) is 45.3 Å². The van der Waals surface area contributed by atoms with E-state index in [9.17, 15) is 0 Å². The second-order valence-electron chi connectivity index (χ2n) is 7.65. The first-order chi connectivity index (χ1) is 10.1. The Balaban J connectivity index is -0.00000200. The monoisotopic (exact) mass is 458 g/mol. The molecule has 0 unspecified atom stereocenters. The van der Waals surface area contributed by atoms with Crippen molar-refractivity contribution in [1.29, 1.82) is 0 Å². The summed E-state index contributed by atoms with van der Waals surface area (Å²) in [7, 11) is 6.85. The van der Waals surface area contributed by atoms with E-state index >= 15 is 0 Å². The van der Waals surface area contributed by atoms with E-state index in [0.717, 1.165) is 4.48 Å². The number of hydrogen-bond acceptors (Lipinski definition) is 1. The number of hydrogen-bond donors (Lipinski definition) is 1. The van der Waals surface area contributed by atoms with Crippen LogP contribution in [-0.2, 0) is 0 Å². The number of halogens is 2. The molecule has 144 valence electrons. The number of unbranched alkanes of at least 4 members (excludes halogenated alkanes) is 10. The lowest BCUT2D eigenvalue weighted by Crippen LogP contribution is -3.00. The van der Waals surface area contributed by atoms with Crippen LogP contribution in [0.1, 0.15) is 84.0 Å². The molecule has 0 atom stereocenters. The van der Waals surface area contributed by atoms with Crippen molar-refractivity contribution in [1.82, 2.24) is 5.32 Å². The van der Waals surface area contributed by atoms with Gasteiger partial charge in [0.25, 0.3) is 0 Å². The molecule has 1 N–H and O–H groups in total. The molecule has 0 aromatic rings. The molecule has 0 rings (SSSR count). The molecule has 0 saturated heterocycles. The molecular weight excluding hydrogens is 416 g/mol. The van der Waals surface area contributed by atoms with Crippen LogP contribution >= 0.6 is 17.0 Å². The van der Waals surface area contributed by atoms with Gasteiger partial charge in [-0.3, -0.25) is 0 Å². The van der Waals surface area contributed by atoms with Crippen molar-refractivity contribution in [2.24, 2.45) is 0 Å². The van der Waals surface area contributed by atoms with E-state index < -0.39 is 0 Å². The normalized spacial score (nSPS) is 11.0. The van der Waals surface area contributed by atoms with Crippen LogP contribution in [0.15, 0.2) is 0 Å². The average molecular weight is 460 g/mol. The van der Waals surface area contributed by atoms with Crippen LogP contribution in [0, 0.1) is 0 Å². The molecule has 4 heteroatoms. The molecule has 0 spiro atoms. The fourth-order valence-electron chi connectivity index (χ4n) is 2.70. The number of quaternary nitrogens is 1. The third-order valence-corrected chi connectivity index (χ3v) is 4.14. The molecule has 0 saturated carbocycles. The van der Waals surface area contributed by atoms with Crippen molar-refractivity contribution >= 4 is 17.0 Å². The van der Waals surface area contributed by atoms with Crippen LogP contribution in [0.4, 0.5) is 0 Å². The predicted octanol–water partition coefficient (Wildman–Crippen LogP) is 2.57. The first kappa shape index (κ1) is 28.7. The smallest absolute Gasteiger partial charge is 0.0780 e. The Morgan fingerprint density at radius 1 is 0.609 bits per heavy atom. The summed E-state index contributed by atoms with van der Waals surface area (Å²) >= 11 is 0. The Morgan fingerprint density at radius 2 is 1.00 bits per heavy atom. The zero-order chi connectivity index (χ0) is 15.8. The maximum atomic E-state index is 3.60. The third-order valence-electron chi connectivity index (χ3n) is 4.14. The van der Waals surface area contributed by atoms with Crippen molar-refractivity contribution in [3.8, 4) is 0 Å². The summed E-state index contributed by atoms with van der Waals surface area (Å²) in [5.41, 5.74) is 0. The van der Waals surface area contributed by atoms with Crippen molar-refractivity contribution in [3.63, 3.8) is 0 Å². The second-order valence-corrected chi connectivity index (χ2v) is 7.65. The summed E-state index contributed by atoms with van der Waals surface area (Å²) in [5.74, 6) is 0. The highest BCUT2D eigenvalue weighted by molar-refractivity contribution is 8.93. The van der Waals surface area contributed by atoms with Gasteiger partial charge in [0.05, 0.1) is 27.7 Å². The van der Waals surface area contributed by atoms with Crippen LogP contribution in [0.5, 0.6) is 0 Å². The summed E-state index contributed by atoms with van der Waals surface area (Å²) in [6.45, 7) is 6.05. The fourth-order valence-corrected chi connectivity index (χ4v) is 2.70. The Bertz CT molecular complexity index is 206. The lowest BCUT2D eigenvalue weighted by atomic mass is 10.1. The van der Waals surface area contributed by atoms with Crippen LogP contribution in [0.2, 0.25) is 0 Å². The second kappa shape index (κ2) is 20.9. The van der Waals surface area contributed by atoms with E-state index in [-0.39, 0.29) is 34.0 Å². The van der Waals surface area contributed by atoms with Gasteiger partial charge in [-0.2, -0.15) is 0 Å². The Kier molecular flexibility index (Phi) is 26.1. The molecule has 2 nitrogen and oxygen atoms in total. The fraction of sp³-hybridized carbons (Fsp3) is 1.00. The number of nitrogens with one attached hydrogen (secondary N) is 1. The van der Waals surface area contributed by atoms with Crippen molar-refractivity contribution in [3.05, 3.63) is 0 Å². The van der Waals surface area contributed by atoms with E-state index in [0.29, 0.717) is 0 Å². The van der Waals surface area contributed by atoms with E-state index in [1.54, 1.807) is 0 Å². The summed E-state index contributed by atoms with van der Waals surface area (Å²) in [6, 6.07) is 0. The zero-order valence-electron chi connectivity index (χ0n) is 16.3. The van der Waals surface area contributed by atoms with Gasteiger partial charge in [-0.05, 0) is 38.8 Å². The van der Waals surface area contributed by atoms with Crippen molar-refractivity contribution in [2.75, 3.05) is 40.8 Å². The molecule has 0 heterocycles. The maximum absolute atomic E-state index is 3.60. The minimum absolute atomic E-state index is 0. The molecule has 0 amide bonds. The molecule has 0 radical (unpaired) electrons. The SMILES string of the molecule is Br.CCCCCCCCCCNCCCCCC[N+](C)(C)C.[Br-]. The summed E-state index contributed by atoms with van der Waals surface area (Å²) < 4.78 is 1.11. The van der Waals surface area contributed by atoms with E-state index in [4.69, 9.17) is 0 Å². The van der Waals surface area contributed by atoms with Gasteiger partial charge in [-0.1, -0.05) is 58.3 Å². The Hall–Kier alpha value is 0.880. The largest absolute Gasteiger partial charge is 1.00 e. The number of nitrogens with zero attached hydrogens (tertiary/aromatic N) is 1. The lowest BCUT2D eigenvalue weighted by Gasteiger charge is -2.23. The molecule has 0 aliphatic rings. The van der Waals surface area contributed by atoms with E-state index in [2.05, 4.69) is 33.4 Å². The standard InChI is InChI=1S/C19H43N2.2BrH/c1-5-6-7-8-9-10-11-14-17-20-18-15-12-13-16-19-21(2,3)4;;/h20H,5-19H2,1-4H3;2*1H/q+1;;/p-1. The van der Waals surface area contributed by atoms with Gasteiger partial charge in [0.2, 0.25) is 0 Å². The van der Waals surface area contributed by atoms with E-state index in [1.807, 2.05) is 0 Å². The quantitative estimate of drug-likeness (QED) is 0.276. The Labute approximate surface area is 168 Å². The van der Waals surface area contributed by atoms with Crippen LogP contribution < -0.4 is 22.3 Å². The van der Waals surface area contributed by atoms with Crippen LogP contribution in [0.3, 0.4) is 0 Å². The molecule has 23 heavy (non-hydrogen) atoms. The molecule has 0 aliphatic heterocycles. The minimum atomic E-state index is 0. The first-order valence-corrected chi connectivity index (χ1v) is 9.57. The number of rotatable bonds is 16. The highest BCUT2D eigenvalue weighted by Crippen LogP contribution is 2.08. The molecule has 0 bridgehead atoms. The van der Waals surface area contributed by atoms with Gasteiger partial charge >= 0.3 is 0 Å². The van der Waals surface area contributed by atoms with Gasteiger partial charge in [0.1, 0.15) is 0 Å². The highest BCUT2D eigenvalue weighted by Gasteiger charge is 2.04.